The van der Waals surface area contributed by atoms with Gasteiger partial charge in [-0.1, -0.05) is 32.9 Å². The summed E-state index contributed by atoms with van der Waals surface area (Å²) in [7, 11) is 0. The van der Waals surface area contributed by atoms with Gasteiger partial charge in [0, 0.05) is 5.69 Å². The third kappa shape index (κ3) is 5.06. The fourth-order valence-electron chi connectivity index (χ4n) is 5.03. The Bertz CT molecular complexity index is 926. The Morgan fingerprint density at radius 1 is 1.23 bits per heavy atom. The molecule has 168 valence electrons. The van der Waals surface area contributed by atoms with Crippen LogP contribution in [0.2, 0.25) is 0 Å². The van der Waals surface area contributed by atoms with Crippen molar-refractivity contribution in [2.75, 3.05) is 18.5 Å². The number of amides is 4. The van der Waals surface area contributed by atoms with Crippen molar-refractivity contribution in [2.24, 2.45) is 11.3 Å². The zero-order valence-electron chi connectivity index (χ0n) is 18.8. The van der Waals surface area contributed by atoms with Crippen molar-refractivity contribution < 1.29 is 23.9 Å². The van der Waals surface area contributed by atoms with Crippen molar-refractivity contribution in [2.45, 2.75) is 59.4 Å². The molecule has 2 atom stereocenters. The first-order valence-electron chi connectivity index (χ1n) is 10.6. The van der Waals surface area contributed by atoms with E-state index in [1.807, 2.05) is 32.0 Å². The molecule has 0 radical (unpaired) electrons. The number of imide groups is 1. The highest BCUT2D eigenvalue weighted by Gasteiger charge is 2.56. The van der Waals surface area contributed by atoms with Gasteiger partial charge in [-0.15, -0.1) is 0 Å². The van der Waals surface area contributed by atoms with Crippen molar-refractivity contribution in [3.63, 3.8) is 0 Å². The van der Waals surface area contributed by atoms with Crippen LogP contribution < -0.4 is 10.6 Å². The van der Waals surface area contributed by atoms with Crippen molar-refractivity contribution in [1.29, 1.82) is 0 Å². The van der Waals surface area contributed by atoms with Crippen LogP contribution in [-0.4, -0.2) is 47.4 Å². The number of urea groups is 1. The Balaban J connectivity index is 1.57. The maximum atomic E-state index is 13.1. The van der Waals surface area contributed by atoms with Crippen LogP contribution in [0.5, 0.6) is 0 Å². The van der Waals surface area contributed by atoms with Crippen molar-refractivity contribution >= 4 is 29.5 Å². The molecule has 8 heteroatoms. The maximum absolute atomic E-state index is 13.1. The van der Waals surface area contributed by atoms with Gasteiger partial charge < -0.3 is 15.4 Å². The fraction of sp³-hybridized carbons (Fsp3) is 0.565. The van der Waals surface area contributed by atoms with E-state index in [0.29, 0.717) is 18.5 Å². The molecular weight excluding hydrogens is 398 g/mol. The number of benzene rings is 1. The van der Waals surface area contributed by atoms with E-state index in [4.69, 9.17) is 4.74 Å². The standard InChI is InChI=1S/C23H31N3O5/c1-14-6-7-16(3)17(8-14)24-18(27)12-31-19(28)11-26-20(29)23(25-21(26)30)10-15(2)9-22(4,5)13-23/h6-8,15H,9-13H2,1-5H3,(H,24,27)(H,25,30)/t15-,23+/m1/s1. The Morgan fingerprint density at radius 2 is 1.94 bits per heavy atom. The van der Waals surface area contributed by atoms with E-state index in [-0.39, 0.29) is 11.3 Å². The van der Waals surface area contributed by atoms with Gasteiger partial charge in [-0.25, -0.2) is 4.79 Å². The summed E-state index contributed by atoms with van der Waals surface area (Å²) in [5, 5.41) is 5.52. The van der Waals surface area contributed by atoms with E-state index >= 15 is 0 Å². The van der Waals surface area contributed by atoms with Crippen LogP contribution in [0.15, 0.2) is 18.2 Å². The Hall–Kier alpha value is -2.90. The minimum Gasteiger partial charge on any atom is -0.454 e. The number of carbonyl (C=O) groups is 4. The minimum absolute atomic E-state index is 0.0941. The van der Waals surface area contributed by atoms with Crippen molar-refractivity contribution in [3.8, 4) is 0 Å². The molecule has 3 rings (SSSR count). The average molecular weight is 430 g/mol. The first kappa shape index (κ1) is 22.8. The Kier molecular flexibility index (Phi) is 6.11. The molecule has 1 saturated carbocycles. The molecule has 31 heavy (non-hydrogen) atoms. The molecule has 1 aliphatic heterocycles. The second kappa shape index (κ2) is 8.32. The minimum atomic E-state index is -0.974. The van der Waals surface area contributed by atoms with Crippen LogP contribution in [-0.2, 0) is 19.1 Å². The molecule has 1 heterocycles. The van der Waals surface area contributed by atoms with E-state index in [2.05, 4.69) is 31.4 Å². The number of nitrogens with one attached hydrogen (secondary N) is 2. The molecule has 8 nitrogen and oxygen atoms in total. The molecule has 1 saturated heterocycles. The van der Waals surface area contributed by atoms with Gasteiger partial charge in [-0.2, -0.15) is 0 Å². The van der Waals surface area contributed by atoms with Gasteiger partial charge in [-0.05, 0) is 61.6 Å². The molecule has 2 aliphatic rings. The predicted octanol–water partition coefficient (Wildman–Crippen LogP) is 2.92. The Morgan fingerprint density at radius 3 is 2.61 bits per heavy atom. The first-order chi connectivity index (χ1) is 14.4. The van der Waals surface area contributed by atoms with Gasteiger partial charge in [0.1, 0.15) is 12.1 Å². The quantitative estimate of drug-likeness (QED) is 0.553. The predicted molar refractivity (Wildman–Crippen MR) is 115 cm³/mol. The number of ether oxygens (including phenoxy) is 1. The molecule has 0 bridgehead atoms. The molecular formula is C23H31N3O5. The van der Waals surface area contributed by atoms with Gasteiger partial charge in [0.15, 0.2) is 6.61 Å². The first-order valence-corrected chi connectivity index (χ1v) is 10.6. The molecule has 0 aromatic heterocycles. The van der Waals surface area contributed by atoms with Crippen LogP contribution in [0.4, 0.5) is 10.5 Å². The largest absolute Gasteiger partial charge is 0.454 e. The SMILES string of the molecule is Cc1ccc(C)c(NC(=O)COC(=O)CN2C(=O)N[C@]3(C[C@H](C)CC(C)(C)C3)C2=O)c1. The lowest BCUT2D eigenvalue weighted by atomic mass is 9.64. The maximum Gasteiger partial charge on any atom is 0.326 e. The van der Waals surface area contributed by atoms with Crippen LogP contribution in [0.3, 0.4) is 0 Å². The third-order valence-electron chi connectivity index (χ3n) is 5.94. The third-order valence-corrected chi connectivity index (χ3v) is 5.94. The van der Waals surface area contributed by atoms with Gasteiger partial charge in [0.2, 0.25) is 0 Å². The summed E-state index contributed by atoms with van der Waals surface area (Å²) in [5.41, 5.74) is 1.46. The van der Waals surface area contributed by atoms with Gasteiger partial charge >= 0.3 is 12.0 Å². The van der Waals surface area contributed by atoms with E-state index < -0.39 is 42.5 Å². The number of hydrogen-bond acceptors (Lipinski definition) is 5. The lowest BCUT2D eigenvalue weighted by molar-refractivity contribution is -0.150. The highest BCUT2D eigenvalue weighted by Crippen LogP contribution is 2.46. The highest BCUT2D eigenvalue weighted by atomic mass is 16.5. The lowest BCUT2D eigenvalue weighted by Gasteiger charge is -2.43. The monoisotopic (exact) mass is 429 g/mol. The smallest absolute Gasteiger partial charge is 0.326 e. The van der Waals surface area contributed by atoms with Crippen molar-refractivity contribution in [1.82, 2.24) is 10.2 Å². The normalized spacial score (nSPS) is 24.8. The number of esters is 1. The molecule has 1 spiro atoms. The molecule has 4 amide bonds. The molecule has 1 aromatic rings. The number of hydrogen-bond donors (Lipinski definition) is 2. The summed E-state index contributed by atoms with van der Waals surface area (Å²) < 4.78 is 5.02. The second-order valence-electron chi connectivity index (χ2n) is 9.79. The fourth-order valence-corrected chi connectivity index (χ4v) is 5.03. The van der Waals surface area contributed by atoms with E-state index in [1.165, 1.54) is 0 Å². The summed E-state index contributed by atoms with van der Waals surface area (Å²) in [4.78, 5) is 50.8. The highest BCUT2D eigenvalue weighted by molar-refractivity contribution is 6.09. The molecule has 0 unspecified atom stereocenters. The number of anilines is 1. The number of nitrogens with zero attached hydrogens (tertiary/aromatic N) is 1. The van der Waals surface area contributed by atoms with Crippen LogP contribution in [0, 0.1) is 25.2 Å². The lowest BCUT2D eigenvalue weighted by Crippen LogP contribution is -2.54. The molecule has 1 aliphatic carbocycles. The van der Waals surface area contributed by atoms with Gasteiger partial charge in [0.25, 0.3) is 11.8 Å². The zero-order valence-corrected chi connectivity index (χ0v) is 18.8. The Labute approximate surface area is 182 Å². The zero-order chi connectivity index (χ0) is 23.0. The van der Waals surface area contributed by atoms with E-state index in [9.17, 15) is 19.2 Å². The topological polar surface area (TPSA) is 105 Å². The van der Waals surface area contributed by atoms with Gasteiger partial charge in [-0.3, -0.25) is 19.3 Å². The summed E-state index contributed by atoms with van der Waals surface area (Å²) in [5.74, 6) is -1.42. The summed E-state index contributed by atoms with van der Waals surface area (Å²) in [6.45, 7) is 8.98. The van der Waals surface area contributed by atoms with Crippen LogP contribution >= 0.6 is 0 Å². The average Bonchev–Trinajstić information content (AvgIpc) is 2.84. The number of rotatable bonds is 5. The molecule has 1 aromatic carbocycles. The summed E-state index contributed by atoms with van der Waals surface area (Å²) >= 11 is 0. The van der Waals surface area contributed by atoms with Gasteiger partial charge in [0.05, 0.1) is 0 Å². The van der Waals surface area contributed by atoms with E-state index in [0.717, 1.165) is 22.4 Å². The summed E-state index contributed by atoms with van der Waals surface area (Å²) in [6, 6.07) is 5.06. The summed E-state index contributed by atoms with van der Waals surface area (Å²) in [6.07, 6.45) is 2.04. The van der Waals surface area contributed by atoms with Crippen molar-refractivity contribution in [3.05, 3.63) is 29.3 Å². The van der Waals surface area contributed by atoms with Crippen LogP contribution in [0.1, 0.15) is 51.2 Å². The number of carbonyl (C=O) groups excluding carboxylic acids is 4. The second-order valence-corrected chi connectivity index (χ2v) is 9.79. The van der Waals surface area contributed by atoms with E-state index in [1.54, 1.807) is 0 Å². The molecule has 2 N–H and O–H groups in total. The molecule has 2 fully saturated rings. The number of aryl methyl sites for hydroxylation is 2. The van der Waals surface area contributed by atoms with Crippen LogP contribution in [0.25, 0.3) is 0 Å².